The number of aromatic nitrogens is 2. The first-order valence-electron chi connectivity index (χ1n) is 7.91. The Bertz CT molecular complexity index is 670. The van der Waals surface area contributed by atoms with E-state index in [4.69, 9.17) is 4.74 Å². The van der Waals surface area contributed by atoms with Gasteiger partial charge >= 0.3 is 0 Å². The van der Waals surface area contributed by atoms with Crippen LogP contribution in [0, 0.1) is 5.82 Å². The van der Waals surface area contributed by atoms with Crippen LogP contribution < -0.4 is 10.6 Å². The number of carbonyl (C=O) groups is 1. The molecule has 1 unspecified atom stereocenters. The van der Waals surface area contributed by atoms with E-state index in [2.05, 4.69) is 20.6 Å². The molecule has 7 heteroatoms. The number of hydrogen-bond acceptors (Lipinski definition) is 5. The average Bonchev–Trinajstić information content (AvgIpc) is 3.13. The summed E-state index contributed by atoms with van der Waals surface area (Å²) >= 11 is 0. The van der Waals surface area contributed by atoms with Gasteiger partial charge in [0.15, 0.2) is 0 Å². The lowest BCUT2D eigenvalue weighted by atomic mass is 10.2. The lowest BCUT2D eigenvalue weighted by molar-refractivity contribution is 0.0853. The number of ether oxygens (including phenoxy) is 1. The van der Waals surface area contributed by atoms with E-state index < -0.39 is 0 Å². The fourth-order valence-electron chi connectivity index (χ4n) is 2.43. The van der Waals surface area contributed by atoms with Crippen LogP contribution in [0.4, 0.5) is 10.2 Å². The Hall–Kier alpha value is -2.54. The van der Waals surface area contributed by atoms with Crippen LogP contribution in [0.25, 0.3) is 0 Å². The minimum Gasteiger partial charge on any atom is -0.376 e. The number of halogens is 1. The van der Waals surface area contributed by atoms with Crippen molar-refractivity contribution >= 4 is 11.7 Å². The number of anilines is 1. The number of nitrogens with one attached hydrogen (secondary N) is 2. The molecular weight excluding hydrogens is 311 g/mol. The maximum atomic E-state index is 12.8. The summed E-state index contributed by atoms with van der Waals surface area (Å²) in [4.78, 5) is 20.3. The molecule has 2 N–H and O–H groups in total. The highest BCUT2D eigenvalue weighted by Gasteiger charge is 2.17. The van der Waals surface area contributed by atoms with Crippen molar-refractivity contribution in [2.24, 2.45) is 0 Å². The Morgan fingerprint density at radius 3 is 2.75 bits per heavy atom. The first kappa shape index (κ1) is 16.3. The summed E-state index contributed by atoms with van der Waals surface area (Å²) in [6.07, 6.45) is 5.04. The van der Waals surface area contributed by atoms with E-state index in [-0.39, 0.29) is 23.5 Å². The molecule has 0 aliphatic carbocycles. The lowest BCUT2D eigenvalue weighted by Crippen LogP contribution is -2.32. The van der Waals surface area contributed by atoms with Crippen LogP contribution in [-0.2, 0) is 11.3 Å². The maximum absolute atomic E-state index is 12.8. The molecule has 0 spiro atoms. The molecule has 1 aromatic heterocycles. The van der Waals surface area contributed by atoms with Crippen LogP contribution >= 0.6 is 0 Å². The zero-order valence-corrected chi connectivity index (χ0v) is 13.2. The van der Waals surface area contributed by atoms with E-state index in [0.717, 1.165) is 25.0 Å². The topological polar surface area (TPSA) is 76.1 Å². The van der Waals surface area contributed by atoms with Gasteiger partial charge in [0, 0.05) is 19.7 Å². The summed E-state index contributed by atoms with van der Waals surface area (Å²) in [5.74, 6) is 0.0231. The Labute approximate surface area is 139 Å². The molecule has 1 amide bonds. The summed E-state index contributed by atoms with van der Waals surface area (Å²) in [6, 6.07) is 6.21. The van der Waals surface area contributed by atoms with Gasteiger partial charge in [-0.2, -0.15) is 0 Å². The van der Waals surface area contributed by atoms with Crippen molar-refractivity contribution in [3.63, 3.8) is 0 Å². The largest absolute Gasteiger partial charge is 0.376 e. The second-order valence-corrected chi connectivity index (χ2v) is 5.61. The summed E-state index contributed by atoms with van der Waals surface area (Å²) in [5.41, 5.74) is 1.19. The Kier molecular flexibility index (Phi) is 5.32. The Morgan fingerprint density at radius 2 is 2.08 bits per heavy atom. The molecule has 2 heterocycles. The molecule has 24 heavy (non-hydrogen) atoms. The summed E-state index contributed by atoms with van der Waals surface area (Å²) in [7, 11) is 0. The van der Waals surface area contributed by atoms with Crippen LogP contribution in [-0.4, -0.2) is 35.1 Å². The minimum absolute atomic E-state index is 0.0959. The Morgan fingerprint density at radius 1 is 1.25 bits per heavy atom. The number of nitrogens with zero attached hydrogens (tertiary/aromatic N) is 2. The molecule has 1 atom stereocenters. The number of amides is 1. The average molecular weight is 330 g/mol. The van der Waals surface area contributed by atoms with Gasteiger partial charge in [0.05, 0.1) is 18.5 Å². The first-order chi connectivity index (χ1) is 11.7. The summed E-state index contributed by atoms with van der Waals surface area (Å²) in [6.45, 7) is 1.75. The van der Waals surface area contributed by atoms with Gasteiger partial charge in [0.1, 0.15) is 17.3 Å². The predicted octanol–water partition coefficient (Wildman–Crippen LogP) is 2.14. The highest BCUT2D eigenvalue weighted by atomic mass is 19.1. The Balaban J connectivity index is 1.48. The van der Waals surface area contributed by atoms with Crippen molar-refractivity contribution in [2.45, 2.75) is 25.5 Å². The molecule has 2 aromatic rings. The van der Waals surface area contributed by atoms with Gasteiger partial charge in [-0.1, -0.05) is 12.1 Å². The van der Waals surface area contributed by atoms with E-state index in [1.165, 1.54) is 24.5 Å². The molecule has 126 valence electrons. The summed E-state index contributed by atoms with van der Waals surface area (Å²) < 4.78 is 18.3. The quantitative estimate of drug-likeness (QED) is 0.849. The van der Waals surface area contributed by atoms with Gasteiger partial charge < -0.3 is 15.4 Å². The van der Waals surface area contributed by atoms with E-state index in [1.807, 2.05) is 0 Å². The SMILES string of the molecule is O=C(NCC1CCCO1)c1cnc(NCc2ccc(F)cc2)cn1. The van der Waals surface area contributed by atoms with Gasteiger partial charge in [-0.05, 0) is 30.5 Å². The van der Waals surface area contributed by atoms with Crippen LogP contribution in [0.15, 0.2) is 36.7 Å². The van der Waals surface area contributed by atoms with E-state index in [1.54, 1.807) is 12.1 Å². The molecule has 1 aromatic carbocycles. The van der Waals surface area contributed by atoms with Crippen LogP contribution in [0.2, 0.25) is 0 Å². The fourth-order valence-corrected chi connectivity index (χ4v) is 2.43. The number of rotatable bonds is 6. The van der Waals surface area contributed by atoms with Crippen molar-refractivity contribution in [3.05, 3.63) is 53.7 Å². The standard InChI is InChI=1S/C17H19FN4O2/c18-13-5-3-12(4-6-13)8-20-16-11-19-15(10-21-16)17(23)22-9-14-2-1-7-24-14/h3-6,10-11,14H,1-2,7-9H2,(H,20,21)(H,22,23). The third-order valence-electron chi connectivity index (χ3n) is 3.79. The van der Waals surface area contributed by atoms with Crippen LogP contribution in [0.3, 0.4) is 0 Å². The maximum Gasteiger partial charge on any atom is 0.271 e. The zero-order valence-electron chi connectivity index (χ0n) is 13.2. The lowest BCUT2D eigenvalue weighted by Gasteiger charge is -2.10. The molecule has 0 saturated carbocycles. The number of hydrogen-bond donors (Lipinski definition) is 2. The predicted molar refractivity (Wildman–Crippen MR) is 87.1 cm³/mol. The molecule has 0 bridgehead atoms. The zero-order chi connectivity index (χ0) is 16.8. The molecule has 1 fully saturated rings. The molecular formula is C17H19FN4O2. The fraction of sp³-hybridized carbons (Fsp3) is 0.353. The van der Waals surface area contributed by atoms with Gasteiger partial charge in [0.25, 0.3) is 5.91 Å². The minimum atomic E-state index is -0.267. The van der Waals surface area contributed by atoms with E-state index >= 15 is 0 Å². The van der Waals surface area contributed by atoms with Gasteiger partial charge in [-0.25, -0.2) is 14.4 Å². The van der Waals surface area contributed by atoms with Crippen molar-refractivity contribution in [3.8, 4) is 0 Å². The highest BCUT2D eigenvalue weighted by molar-refractivity contribution is 5.92. The van der Waals surface area contributed by atoms with Crippen molar-refractivity contribution in [1.29, 1.82) is 0 Å². The smallest absolute Gasteiger partial charge is 0.271 e. The normalized spacial score (nSPS) is 16.8. The van der Waals surface area contributed by atoms with Crippen molar-refractivity contribution in [1.82, 2.24) is 15.3 Å². The molecule has 6 nitrogen and oxygen atoms in total. The van der Waals surface area contributed by atoms with Gasteiger partial charge in [-0.15, -0.1) is 0 Å². The first-order valence-corrected chi connectivity index (χ1v) is 7.91. The summed E-state index contributed by atoms with van der Waals surface area (Å²) in [5, 5.41) is 5.88. The second kappa shape index (κ2) is 7.83. The molecule has 1 aliphatic rings. The third-order valence-corrected chi connectivity index (χ3v) is 3.79. The molecule has 3 rings (SSSR count). The van der Waals surface area contributed by atoms with Gasteiger partial charge in [-0.3, -0.25) is 4.79 Å². The monoisotopic (exact) mass is 330 g/mol. The van der Waals surface area contributed by atoms with Crippen LogP contribution in [0.1, 0.15) is 28.9 Å². The third kappa shape index (κ3) is 4.48. The van der Waals surface area contributed by atoms with Crippen LogP contribution in [0.5, 0.6) is 0 Å². The second-order valence-electron chi connectivity index (χ2n) is 5.61. The highest BCUT2D eigenvalue weighted by Crippen LogP contribution is 2.11. The van der Waals surface area contributed by atoms with Gasteiger partial charge in [0.2, 0.25) is 0 Å². The molecule has 1 saturated heterocycles. The van der Waals surface area contributed by atoms with Crippen molar-refractivity contribution in [2.75, 3.05) is 18.5 Å². The molecule has 1 aliphatic heterocycles. The molecule has 0 radical (unpaired) electrons. The van der Waals surface area contributed by atoms with Crippen molar-refractivity contribution < 1.29 is 13.9 Å². The number of benzene rings is 1. The van der Waals surface area contributed by atoms with E-state index in [0.29, 0.717) is 18.9 Å². The number of carbonyl (C=O) groups excluding carboxylic acids is 1. The van der Waals surface area contributed by atoms with E-state index in [9.17, 15) is 9.18 Å².